The Hall–Kier alpha value is -1.02. The van der Waals surface area contributed by atoms with Gasteiger partial charge in [0.2, 0.25) is 0 Å². The van der Waals surface area contributed by atoms with Gasteiger partial charge >= 0.3 is 0 Å². The highest BCUT2D eigenvalue weighted by molar-refractivity contribution is 5.53. The van der Waals surface area contributed by atoms with Crippen molar-refractivity contribution in [2.45, 2.75) is 26.9 Å². The quantitative estimate of drug-likeness (QED) is 0.795. The Morgan fingerprint density at radius 2 is 2.00 bits per heavy atom. The topological polar surface area (TPSA) is 23.5 Å². The summed E-state index contributed by atoms with van der Waals surface area (Å²) in [6, 6.07) is 6.36. The molecular formula is C12H19NO. The number of aryl methyl sites for hydroxylation is 2. The molecule has 0 aromatic heterocycles. The van der Waals surface area contributed by atoms with Gasteiger partial charge in [-0.15, -0.1) is 0 Å². The summed E-state index contributed by atoms with van der Waals surface area (Å²) in [5.74, 6) is 0. The van der Waals surface area contributed by atoms with Gasteiger partial charge in [0.25, 0.3) is 0 Å². The summed E-state index contributed by atoms with van der Waals surface area (Å²) < 4.78 is 0. The van der Waals surface area contributed by atoms with Crippen LogP contribution < -0.4 is 4.90 Å². The van der Waals surface area contributed by atoms with Crippen LogP contribution in [0.1, 0.15) is 18.1 Å². The van der Waals surface area contributed by atoms with Gasteiger partial charge in [-0.2, -0.15) is 0 Å². The van der Waals surface area contributed by atoms with E-state index in [1.54, 1.807) is 6.92 Å². The van der Waals surface area contributed by atoms with Crippen molar-refractivity contribution >= 4 is 5.69 Å². The maximum atomic E-state index is 9.29. The summed E-state index contributed by atoms with van der Waals surface area (Å²) in [6.07, 6.45) is -0.291. The van der Waals surface area contributed by atoms with E-state index < -0.39 is 0 Å². The number of likely N-dealkylation sites (N-methyl/N-ethyl adjacent to an activating group) is 1. The Balaban J connectivity index is 2.84. The first-order chi connectivity index (χ1) is 6.50. The first-order valence-corrected chi connectivity index (χ1v) is 4.97. The molecule has 0 spiro atoms. The minimum atomic E-state index is -0.291. The fourth-order valence-electron chi connectivity index (χ4n) is 1.73. The lowest BCUT2D eigenvalue weighted by molar-refractivity contribution is 0.201. The van der Waals surface area contributed by atoms with Crippen molar-refractivity contribution in [2.24, 2.45) is 0 Å². The lowest BCUT2D eigenvalue weighted by atomic mass is 10.1. The van der Waals surface area contributed by atoms with Crippen LogP contribution in [0.4, 0.5) is 5.69 Å². The van der Waals surface area contributed by atoms with Gasteiger partial charge < -0.3 is 10.0 Å². The van der Waals surface area contributed by atoms with Crippen LogP contribution in [0.2, 0.25) is 0 Å². The standard InChI is InChI=1S/C12H19NO/c1-9-5-6-12(10(2)7-9)13(4)8-11(3)14/h5-7,11,14H,8H2,1-4H3/t11-/m0/s1. The van der Waals surface area contributed by atoms with Crippen LogP contribution in [-0.4, -0.2) is 24.8 Å². The Labute approximate surface area is 86.2 Å². The zero-order valence-electron chi connectivity index (χ0n) is 9.41. The van der Waals surface area contributed by atoms with Crippen molar-refractivity contribution < 1.29 is 5.11 Å². The molecule has 1 aromatic carbocycles. The molecule has 0 unspecified atom stereocenters. The molecule has 0 radical (unpaired) electrons. The van der Waals surface area contributed by atoms with Gasteiger partial charge in [0, 0.05) is 19.3 Å². The van der Waals surface area contributed by atoms with Gasteiger partial charge in [-0.25, -0.2) is 0 Å². The number of aliphatic hydroxyl groups is 1. The maximum absolute atomic E-state index is 9.29. The molecule has 2 heteroatoms. The molecule has 0 aliphatic carbocycles. The largest absolute Gasteiger partial charge is 0.392 e. The summed E-state index contributed by atoms with van der Waals surface area (Å²) in [5.41, 5.74) is 3.72. The fourth-order valence-corrected chi connectivity index (χ4v) is 1.73. The summed E-state index contributed by atoms with van der Waals surface area (Å²) in [7, 11) is 2.00. The van der Waals surface area contributed by atoms with Crippen molar-refractivity contribution in [3.63, 3.8) is 0 Å². The zero-order chi connectivity index (χ0) is 10.7. The van der Waals surface area contributed by atoms with Crippen LogP contribution in [-0.2, 0) is 0 Å². The smallest absolute Gasteiger partial charge is 0.0686 e. The van der Waals surface area contributed by atoms with E-state index in [-0.39, 0.29) is 6.10 Å². The molecule has 0 fully saturated rings. The number of nitrogens with zero attached hydrogens (tertiary/aromatic N) is 1. The third-order valence-corrected chi connectivity index (χ3v) is 2.30. The van der Waals surface area contributed by atoms with Gasteiger partial charge in [-0.3, -0.25) is 0 Å². The maximum Gasteiger partial charge on any atom is 0.0686 e. The molecule has 78 valence electrons. The number of benzene rings is 1. The first-order valence-electron chi connectivity index (χ1n) is 4.97. The van der Waals surface area contributed by atoms with E-state index in [0.29, 0.717) is 6.54 Å². The third kappa shape index (κ3) is 2.74. The molecular weight excluding hydrogens is 174 g/mol. The third-order valence-electron chi connectivity index (χ3n) is 2.30. The Bertz CT molecular complexity index is 307. The number of rotatable bonds is 3. The highest BCUT2D eigenvalue weighted by Crippen LogP contribution is 2.19. The summed E-state index contributed by atoms with van der Waals surface area (Å²) in [6.45, 7) is 6.66. The predicted molar refractivity (Wildman–Crippen MR) is 60.9 cm³/mol. The highest BCUT2D eigenvalue weighted by Gasteiger charge is 2.06. The first kappa shape index (κ1) is 11.1. The number of anilines is 1. The highest BCUT2D eigenvalue weighted by atomic mass is 16.3. The van der Waals surface area contributed by atoms with Crippen molar-refractivity contribution in [1.82, 2.24) is 0 Å². The van der Waals surface area contributed by atoms with Gasteiger partial charge in [-0.05, 0) is 32.4 Å². The van der Waals surface area contributed by atoms with E-state index in [4.69, 9.17) is 0 Å². The summed E-state index contributed by atoms with van der Waals surface area (Å²) >= 11 is 0. The van der Waals surface area contributed by atoms with Crippen molar-refractivity contribution in [3.8, 4) is 0 Å². The molecule has 0 aliphatic rings. The second-order valence-corrected chi connectivity index (χ2v) is 4.02. The van der Waals surface area contributed by atoms with Gasteiger partial charge in [0.15, 0.2) is 0 Å². The Morgan fingerprint density at radius 1 is 1.36 bits per heavy atom. The molecule has 0 bridgehead atoms. The van der Waals surface area contributed by atoms with Crippen LogP contribution in [0.5, 0.6) is 0 Å². The molecule has 0 saturated heterocycles. The fraction of sp³-hybridized carbons (Fsp3) is 0.500. The molecule has 0 aliphatic heterocycles. The molecule has 1 N–H and O–H groups in total. The van der Waals surface area contributed by atoms with E-state index in [1.807, 2.05) is 7.05 Å². The minimum Gasteiger partial charge on any atom is -0.392 e. The number of hydrogen-bond acceptors (Lipinski definition) is 2. The van der Waals surface area contributed by atoms with Crippen LogP contribution in [0.15, 0.2) is 18.2 Å². The average molecular weight is 193 g/mol. The van der Waals surface area contributed by atoms with E-state index in [9.17, 15) is 5.11 Å². The van der Waals surface area contributed by atoms with Crippen LogP contribution in [0, 0.1) is 13.8 Å². The molecule has 1 aromatic rings. The van der Waals surface area contributed by atoms with Gasteiger partial charge in [0.1, 0.15) is 0 Å². The molecule has 1 atom stereocenters. The zero-order valence-corrected chi connectivity index (χ0v) is 9.41. The average Bonchev–Trinajstić information content (AvgIpc) is 2.01. The molecule has 0 amide bonds. The second-order valence-electron chi connectivity index (χ2n) is 4.02. The molecule has 0 saturated carbocycles. The molecule has 1 rings (SSSR count). The molecule has 14 heavy (non-hydrogen) atoms. The monoisotopic (exact) mass is 193 g/mol. The Kier molecular flexibility index (Phi) is 3.53. The summed E-state index contributed by atoms with van der Waals surface area (Å²) in [5, 5.41) is 9.29. The van der Waals surface area contributed by atoms with Crippen molar-refractivity contribution in [1.29, 1.82) is 0 Å². The van der Waals surface area contributed by atoms with Crippen molar-refractivity contribution in [2.75, 3.05) is 18.5 Å². The van der Waals surface area contributed by atoms with E-state index >= 15 is 0 Å². The van der Waals surface area contributed by atoms with Gasteiger partial charge in [0.05, 0.1) is 6.10 Å². The van der Waals surface area contributed by atoms with E-state index in [1.165, 1.54) is 16.8 Å². The number of aliphatic hydroxyl groups excluding tert-OH is 1. The van der Waals surface area contributed by atoms with Gasteiger partial charge in [-0.1, -0.05) is 17.7 Å². The predicted octanol–water partition coefficient (Wildman–Crippen LogP) is 2.12. The Morgan fingerprint density at radius 3 is 2.50 bits per heavy atom. The second kappa shape index (κ2) is 4.47. The molecule has 2 nitrogen and oxygen atoms in total. The minimum absolute atomic E-state index is 0.291. The summed E-state index contributed by atoms with van der Waals surface area (Å²) in [4.78, 5) is 2.08. The van der Waals surface area contributed by atoms with Crippen LogP contribution >= 0.6 is 0 Å². The van der Waals surface area contributed by atoms with Crippen LogP contribution in [0.3, 0.4) is 0 Å². The van der Waals surface area contributed by atoms with Crippen LogP contribution in [0.25, 0.3) is 0 Å². The van der Waals surface area contributed by atoms with E-state index in [2.05, 4.69) is 36.9 Å². The lowest BCUT2D eigenvalue weighted by Gasteiger charge is -2.23. The molecule has 0 heterocycles. The SMILES string of the molecule is Cc1ccc(N(C)C[C@H](C)O)c(C)c1. The number of hydrogen-bond donors (Lipinski definition) is 1. The normalized spacial score (nSPS) is 12.6. The van der Waals surface area contributed by atoms with Crippen molar-refractivity contribution in [3.05, 3.63) is 29.3 Å². The lowest BCUT2D eigenvalue weighted by Crippen LogP contribution is -2.27. The van der Waals surface area contributed by atoms with E-state index in [0.717, 1.165) is 0 Å².